The van der Waals surface area contributed by atoms with E-state index in [1.54, 1.807) is 23.5 Å². The third-order valence-corrected chi connectivity index (χ3v) is 6.60. The number of nitrogens with zero attached hydrogens (tertiary/aromatic N) is 1. The van der Waals surface area contributed by atoms with Crippen LogP contribution < -0.4 is 10.6 Å². The molecule has 1 aliphatic heterocycles. The number of carbonyl (C=O) groups is 2. The van der Waals surface area contributed by atoms with E-state index in [-0.39, 0.29) is 29.9 Å². The van der Waals surface area contributed by atoms with Gasteiger partial charge in [0.1, 0.15) is 0 Å². The van der Waals surface area contributed by atoms with Crippen molar-refractivity contribution in [1.29, 1.82) is 5.26 Å². The lowest BCUT2D eigenvalue weighted by Gasteiger charge is -2.23. The molecular weight excluding hydrogens is 446 g/mol. The second-order valence-electron chi connectivity index (χ2n) is 5.95. The van der Waals surface area contributed by atoms with Crippen molar-refractivity contribution in [2.24, 2.45) is 0 Å². The average molecular weight is 462 g/mol. The fourth-order valence-corrected chi connectivity index (χ4v) is 4.81. The van der Waals surface area contributed by atoms with Crippen molar-refractivity contribution in [2.75, 3.05) is 11.1 Å². The number of thiophene rings is 1. The number of nitrogens with one attached hydrogen (secondary N) is 2. The lowest BCUT2D eigenvalue weighted by Crippen LogP contribution is -2.31. The topological polar surface area (TPSA) is 82.0 Å². The standard InChI is InChI=1S/C19H16BrN3O2S2/c1-11-2-7-16(27-11)14-8-17(24)23-19(15(14)9-21)26-10-18(25)22-13-5-3-12(20)4-6-13/h2-7,14H,8,10H2,1H3,(H,22,25)(H,23,24)/t14-/m1/s1. The zero-order valence-electron chi connectivity index (χ0n) is 14.4. The summed E-state index contributed by atoms with van der Waals surface area (Å²) >= 11 is 6.11. The molecule has 8 heteroatoms. The Labute approximate surface area is 174 Å². The highest BCUT2D eigenvalue weighted by molar-refractivity contribution is 9.10. The monoisotopic (exact) mass is 461 g/mol. The Hall–Kier alpha value is -2.08. The molecule has 0 unspecified atom stereocenters. The summed E-state index contributed by atoms with van der Waals surface area (Å²) in [4.78, 5) is 26.5. The van der Waals surface area contributed by atoms with Crippen molar-refractivity contribution in [3.05, 3.63) is 61.2 Å². The number of anilines is 1. The minimum atomic E-state index is -0.250. The second-order valence-corrected chi connectivity index (χ2v) is 9.17. The van der Waals surface area contributed by atoms with Crippen LogP contribution in [0.15, 0.2) is 51.5 Å². The molecule has 2 aromatic rings. The van der Waals surface area contributed by atoms with Crippen LogP contribution in [0.25, 0.3) is 0 Å². The first-order valence-corrected chi connectivity index (χ1v) is 10.7. The summed E-state index contributed by atoms with van der Waals surface area (Å²) < 4.78 is 0.929. The average Bonchev–Trinajstić information content (AvgIpc) is 3.07. The van der Waals surface area contributed by atoms with Crippen molar-refractivity contribution in [2.45, 2.75) is 19.3 Å². The Balaban J connectivity index is 1.72. The SMILES string of the molecule is Cc1ccc([C@@H]2CC(=O)NC(SCC(=O)Nc3ccc(Br)cc3)=C2C#N)s1. The molecule has 2 heterocycles. The molecule has 1 atom stereocenters. The van der Waals surface area contributed by atoms with Crippen LogP contribution in [0, 0.1) is 18.3 Å². The lowest BCUT2D eigenvalue weighted by atomic mass is 9.92. The molecule has 138 valence electrons. The van der Waals surface area contributed by atoms with Gasteiger partial charge in [0.05, 0.1) is 22.4 Å². The van der Waals surface area contributed by atoms with Crippen LogP contribution in [0.1, 0.15) is 22.1 Å². The Kier molecular flexibility index (Phi) is 6.37. The highest BCUT2D eigenvalue weighted by Gasteiger charge is 2.30. The normalized spacial score (nSPS) is 16.6. The molecule has 2 N–H and O–H groups in total. The van der Waals surface area contributed by atoms with Crippen molar-refractivity contribution in [3.8, 4) is 6.07 Å². The molecule has 0 saturated heterocycles. The quantitative estimate of drug-likeness (QED) is 0.684. The number of aryl methyl sites for hydroxylation is 1. The summed E-state index contributed by atoms with van der Waals surface area (Å²) in [5, 5.41) is 15.7. The number of hydrogen-bond donors (Lipinski definition) is 2. The number of carbonyl (C=O) groups excluding carboxylic acids is 2. The largest absolute Gasteiger partial charge is 0.325 e. The van der Waals surface area contributed by atoms with Gasteiger partial charge in [0.25, 0.3) is 0 Å². The molecule has 3 rings (SSSR count). The molecular formula is C19H16BrN3O2S2. The Morgan fingerprint density at radius 3 is 2.74 bits per heavy atom. The Morgan fingerprint density at radius 1 is 1.37 bits per heavy atom. The fourth-order valence-electron chi connectivity index (χ4n) is 2.68. The van der Waals surface area contributed by atoms with E-state index in [0.29, 0.717) is 16.3 Å². The van der Waals surface area contributed by atoms with Gasteiger partial charge in [-0.2, -0.15) is 5.26 Å². The van der Waals surface area contributed by atoms with Crippen molar-refractivity contribution in [1.82, 2.24) is 5.32 Å². The van der Waals surface area contributed by atoms with Crippen LogP contribution in [0.4, 0.5) is 5.69 Å². The molecule has 5 nitrogen and oxygen atoms in total. The zero-order valence-corrected chi connectivity index (χ0v) is 17.6. The van der Waals surface area contributed by atoms with Crippen molar-refractivity contribution < 1.29 is 9.59 Å². The van der Waals surface area contributed by atoms with Crippen LogP contribution in [-0.2, 0) is 9.59 Å². The summed E-state index contributed by atoms with van der Waals surface area (Å²) in [6.45, 7) is 1.99. The van der Waals surface area contributed by atoms with E-state index in [1.165, 1.54) is 11.8 Å². The van der Waals surface area contributed by atoms with Gasteiger partial charge in [0, 0.05) is 32.3 Å². The summed E-state index contributed by atoms with van der Waals surface area (Å²) in [5.74, 6) is -0.483. The summed E-state index contributed by atoms with van der Waals surface area (Å²) in [7, 11) is 0. The predicted molar refractivity (Wildman–Crippen MR) is 112 cm³/mol. The number of nitriles is 1. The van der Waals surface area contributed by atoms with Crippen molar-refractivity contribution >= 4 is 56.5 Å². The minimum Gasteiger partial charge on any atom is -0.325 e. The fraction of sp³-hybridized carbons (Fsp3) is 0.211. The van der Waals surface area contributed by atoms with E-state index in [2.05, 4.69) is 32.6 Å². The molecule has 2 amide bonds. The smallest absolute Gasteiger partial charge is 0.234 e. The number of hydrogen-bond acceptors (Lipinski definition) is 5. The van der Waals surface area contributed by atoms with Gasteiger partial charge in [-0.3, -0.25) is 9.59 Å². The van der Waals surface area contributed by atoms with Gasteiger partial charge in [-0.05, 0) is 43.3 Å². The maximum atomic E-state index is 12.2. The van der Waals surface area contributed by atoms with Crippen LogP contribution in [0.2, 0.25) is 0 Å². The molecule has 0 fully saturated rings. The Bertz CT molecular complexity index is 945. The minimum absolute atomic E-state index is 0.104. The number of allylic oxidation sites excluding steroid dienone is 1. The molecule has 0 radical (unpaired) electrons. The second kappa shape index (κ2) is 8.74. The predicted octanol–water partition coefficient (Wildman–Crippen LogP) is 4.53. The molecule has 0 saturated carbocycles. The van der Waals surface area contributed by atoms with Gasteiger partial charge < -0.3 is 10.6 Å². The zero-order chi connectivity index (χ0) is 19.4. The highest BCUT2D eigenvalue weighted by Crippen LogP contribution is 2.38. The van der Waals surface area contributed by atoms with Gasteiger partial charge in [-0.1, -0.05) is 27.7 Å². The molecule has 1 aliphatic rings. The van der Waals surface area contributed by atoms with E-state index < -0.39 is 0 Å². The number of thioether (sulfide) groups is 1. The number of benzene rings is 1. The summed E-state index contributed by atoms with van der Waals surface area (Å²) in [6, 6.07) is 13.4. The van der Waals surface area contributed by atoms with Gasteiger partial charge in [-0.25, -0.2) is 0 Å². The summed E-state index contributed by atoms with van der Waals surface area (Å²) in [6.07, 6.45) is 0.248. The third kappa shape index (κ3) is 5.01. The molecule has 1 aromatic heterocycles. The van der Waals surface area contributed by atoms with Gasteiger partial charge in [0.15, 0.2) is 0 Å². The van der Waals surface area contributed by atoms with Gasteiger partial charge in [-0.15, -0.1) is 11.3 Å². The molecule has 0 bridgehead atoms. The van der Waals surface area contributed by atoms with Crippen LogP contribution in [0.3, 0.4) is 0 Å². The van der Waals surface area contributed by atoms with Crippen molar-refractivity contribution in [3.63, 3.8) is 0 Å². The molecule has 1 aromatic carbocycles. The van der Waals surface area contributed by atoms with Gasteiger partial charge in [0.2, 0.25) is 11.8 Å². The third-order valence-electron chi connectivity index (χ3n) is 3.94. The lowest BCUT2D eigenvalue weighted by molar-refractivity contribution is -0.121. The first-order valence-electron chi connectivity index (χ1n) is 8.15. The first kappa shape index (κ1) is 19.7. The van der Waals surface area contributed by atoms with Crippen LogP contribution in [0.5, 0.6) is 0 Å². The molecule has 27 heavy (non-hydrogen) atoms. The molecule has 0 spiro atoms. The molecule has 0 aliphatic carbocycles. The van der Waals surface area contributed by atoms with E-state index in [1.807, 2.05) is 31.2 Å². The number of rotatable bonds is 5. The van der Waals surface area contributed by atoms with E-state index >= 15 is 0 Å². The Morgan fingerprint density at radius 2 is 2.11 bits per heavy atom. The van der Waals surface area contributed by atoms with Crippen LogP contribution in [-0.4, -0.2) is 17.6 Å². The van der Waals surface area contributed by atoms with E-state index in [0.717, 1.165) is 14.2 Å². The highest BCUT2D eigenvalue weighted by atomic mass is 79.9. The number of halogens is 1. The maximum absolute atomic E-state index is 12.2. The number of amides is 2. The van der Waals surface area contributed by atoms with Gasteiger partial charge >= 0.3 is 0 Å². The van der Waals surface area contributed by atoms with Crippen LogP contribution >= 0.6 is 39.0 Å². The van der Waals surface area contributed by atoms with E-state index in [4.69, 9.17) is 0 Å². The maximum Gasteiger partial charge on any atom is 0.234 e. The summed E-state index contributed by atoms with van der Waals surface area (Å²) in [5.41, 5.74) is 1.20. The first-order chi connectivity index (χ1) is 13.0. The van der Waals surface area contributed by atoms with E-state index in [9.17, 15) is 14.9 Å².